The minimum absolute atomic E-state index is 0.0820. The van der Waals surface area contributed by atoms with E-state index in [4.69, 9.17) is 9.15 Å². The fourth-order valence-electron chi connectivity index (χ4n) is 2.39. The second-order valence-corrected chi connectivity index (χ2v) is 6.68. The number of hydrogen-bond donors (Lipinski definition) is 2. The summed E-state index contributed by atoms with van der Waals surface area (Å²) in [6, 6.07) is 8.42. The van der Waals surface area contributed by atoms with Crippen LogP contribution in [0.4, 0.5) is 8.78 Å². The van der Waals surface area contributed by atoms with E-state index in [1.54, 1.807) is 30.2 Å². The molecule has 2 N–H and O–H groups in total. The normalized spacial score (nSPS) is 11.5. The molecule has 28 heavy (non-hydrogen) atoms. The fraction of sp³-hybridized carbons (Fsp3) is 0.421. The van der Waals surface area contributed by atoms with Gasteiger partial charge in [-0.1, -0.05) is 0 Å². The summed E-state index contributed by atoms with van der Waals surface area (Å²) in [6.45, 7) is -1.39. The summed E-state index contributed by atoms with van der Waals surface area (Å²) in [5, 5.41) is 6.45. The Kier molecular flexibility index (Phi) is 9.47. The summed E-state index contributed by atoms with van der Waals surface area (Å²) >= 11 is 1.71. The molecule has 9 heteroatoms. The molecule has 1 heterocycles. The predicted octanol–water partition coefficient (Wildman–Crippen LogP) is 3.53. The molecule has 1 aromatic heterocycles. The van der Waals surface area contributed by atoms with E-state index in [2.05, 4.69) is 20.4 Å². The van der Waals surface area contributed by atoms with E-state index in [0.717, 1.165) is 18.1 Å². The Labute approximate surface area is 167 Å². The van der Waals surface area contributed by atoms with Gasteiger partial charge in [0.1, 0.15) is 17.3 Å². The highest BCUT2D eigenvalue weighted by Crippen LogP contribution is 2.26. The molecule has 154 valence electrons. The highest BCUT2D eigenvalue weighted by atomic mass is 32.2. The molecule has 0 amide bonds. The fourth-order valence-corrected chi connectivity index (χ4v) is 2.69. The van der Waals surface area contributed by atoms with Crippen LogP contribution < -0.4 is 20.1 Å². The Morgan fingerprint density at radius 2 is 2.07 bits per heavy atom. The molecule has 0 saturated heterocycles. The zero-order valence-corrected chi connectivity index (χ0v) is 16.7. The first-order valence-electron chi connectivity index (χ1n) is 8.77. The Morgan fingerprint density at radius 3 is 2.75 bits per heavy atom. The number of guanidine groups is 1. The third kappa shape index (κ3) is 7.67. The lowest BCUT2D eigenvalue weighted by atomic mass is 10.2. The van der Waals surface area contributed by atoms with Crippen LogP contribution in [0.5, 0.6) is 11.5 Å². The van der Waals surface area contributed by atoms with Gasteiger partial charge in [-0.25, -0.2) is 4.99 Å². The highest BCUT2D eigenvalue weighted by Gasteiger charge is 2.11. The van der Waals surface area contributed by atoms with E-state index < -0.39 is 6.61 Å². The van der Waals surface area contributed by atoms with Crippen molar-refractivity contribution in [1.29, 1.82) is 0 Å². The largest absolute Gasteiger partial charge is 0.497 e. The van der Waals surface area contributed by atoms with Crippen molar-refractivity contribution < 1.29 is 22.7 Å². The minimum atomic E-state index is -2.90. The van der Waals surface area contributed by atoms with Gasteiger partial charge in [0.15, 0.2) is 5.96 Å². The van der Waals surface area contributed by atoms with Crippen molar-refractivity contribution in [2.24, 2.45) is 4.99 Å². The molecule has 0 atom stereocenters. The van der Waals surface area contributed by atoms with Gasteiger partial charge in [0.25, 0.3) is 0 Å². The van der Waals surface area contributed by atoms with E-state index >= 15 is 0 Å². The van der Waals surface area contributed by atoms with Crippen molar-refractivity contribution in [3.05, 3.63) is 47.9 Å². The third-order valence-corrected chi connectivity index (χ3v) is 4.35. The van der Waals surface area contributed by atoms with Crippen LogP contribution in [0.25, 0.3) is 0 Å². The summed E-state index contributed by atoms with van der Waals surface area (Å²) in [4.78, 5) is 4.50. The molecule has 0 aliphatic heterocycles. The number of methoxy groups -OCH3 is 1. The number of aliphatic imine (C=N–C) groups is 1. The van der Waals surface area contributed by atoms with Crippen LogP contribution in [0, 0.1) is 0 Å². The molecular weight excluding hydrogens is 388 g/mol. The number of benzene rings is 1. The maximum absolute atomic E-state index is 12.7. The Morgan fingerprint density at radius 1 is 1.25 bits per heavy atom. The average Bonchev–Trinajstić information content (AvgIpc) is 3.19. The number of thioether (sulfide) groups is 1. The maximum Gasteiger partial charge on any atom is 0.387 e. The molecule has 0 radical (unpaired) electrons. The van der Waals surface area contributed by atoms with Crippen LogP contribution in [-0.2, 0) is 13.0 Å². The van der Waals surface area contributed by atoms with Crippen LogP contribution in [0.3, 0.4) is 0 Å². The predicted molar refractivity (Wildman–Crippen MR) is 108 cm³/mol. The van der Waals surface area contributed by atoms with Crippen LogP contribution in [0.2, 0.25) is 0 Å². The van der Waals surface area contributed by atoms with Crippen molar-refractivity contribution in [1.82, 2.24) is 10.6 Å². The van der Waals surface area contributed by atoms with Crippen molar-refractivity contribution >= 4 is 17.7 Å². The molecule has 1 aromatic carbocycles. The summed E-state index contributed by atoms with van der Waals surface area (Å²) < 4.78 is 40.4. The van der Waals surface area contributed by atoms with Crippen LogP contribution in [0.15, 0.2) is 46.0 Å². The Balaban J connectivity index is 2.06. The number of nitrogens with one attached hydrogen (secondary N) is 2. The maximum atomic E-state index is 12.7. The number of halogens is 2. The standard InChI is InChI=1S/C19H25F2N3O3S/c1-25-16-5-6-17(27-18(20)21)14(12-16)13-24-19(23-9-11-28-2)22-8-7-15-4-3-10-26-15/h3-6,10,12,18H,7-9,11,13H2,1-2H3,(H2,22,23,24). The summed E-state index contributed by atoms with van der Waals surface area (Å²) in [6.07, 6.45) is 4.36. The van der Waals surface area contributed by atoms with Gasteiger partial charge < -0.3 is 24.5 Å². The van der Waals surface area contributed by atoms with E-state index in [9.17, 15) is 8.78 Å². The number of ether oxygens (including phenoxy) is 2. The van der Waals surface area contributed by atoms with Crippen LogP contribution in [-0.4, -0.2) is 44.8 Å². The van der Waals surface area contributed by atoms with Gasteiger partial charge in [-0.05, 0) is 36.6 Å². The van der Waals surface area contributed by atoms with Gasteiger partial charge in [0.05, 0.1) is 19.9 Å². The van der Waals surface area contributed by atoms with Crippen molar-refractivity contribution in [2.75, 3.05) is 32.2 Å². The van der Waals surface area contributed by atoms with Gasteiger partial charge in [0.2, 0.25) is 0 Å². The number of alkyl halides is 2. The lowest BCUT2D eigenvalue weighted by molar-refractivity contribution is -0.0504. The van der Waals surface area contributed by atoms with Crippen molar-refractivity contribution in [2.45, 2.75) is 19.6 Å². The molecule has 0 saturated carbocycles. The summed E-state index contributed by atoms with van der Waals surface area (Å²) in [7, 11) is 1.52. The second kappa shape index (κ2) is 12.1. The lowest BCUT2D eigenvalue weighted by Gasteiger charge is -2.14. The number of nitrogens with zero attached hydrogens (tertiary/aromatic N) is 1. The van der Waals surface area contributed by atoms with E-state index in [0.29, 0.717) is 30.2 Å². The number of hydrogen-bond acceptors (Lipinski definition) is 5. The van der Waals surface area contributed by atoms with Crippen LogP contribution >= 0.6 is 11.8 Å². The molecule has 2 rings (SSSR count). The monoisotopic (exact) mass is 413 g/mol. The number of furan rings is 1. The van der Waals surface area contributed by atoms with Gasteiger partial charge in [-0.2, -0.15) is 20.5 Å². The molecular formula is C19H25F2N3O3S. The molecule has 0 bridgehead atoms. The Bertz CT molecular complexity index is 727. The zero-order chi connectivity index (χ0) is 20.2. The first-order valence-corrected chi connectivity index (χ1v) is 10.2. The van der Waals surface area contributed by atoms with E-state index in [1.807, 2.05) is 18.4 Å². The zero-order valence-electron chi connectivity index (χ0n) is 15.9. The summed E-state index contributed by atoms with van der Waals surface area (Å²) in [5.41, 5.74) is 0.511. The minimum Gasteiger partial charge on any atom is -0.497 e. The first kappa shape index (κ1) is 21.9. The van der Waals surface area contributed by atoms with E-state index in [1.165, 1.54) is 13.2 Å². The average molecular weight is 413 g/mol. The quantitative estimate of drug-likeness (QED) is 0.334. The SMILES string of the molecule is COc1ccc(OC(F)F)c(CN=C(NCCSC)NCCc2ccco2)c1. The molecule has 0 spiro atoms. The van der Waals surface area contributed by atoms with E-state index in [-0.39, 0.29) is 12.3 Å². The molecule has 0 unspecified atom stereocenters. The molecule has 6 nitrogen and oxygen atoms in total. The molecule has 0 aliphatic rings. The van der Waals surface area contributed by atoms with Gasteiger partial charge >= 0.3 is 6.61 Å². The molecule has 0 fully saturated rings. The lowest BCUT2D eigenvalue weighted by Crippen LogP contribution is -2.39. The van der Waals surface area contributed by atoms with Gasteiger partial charge in [0, 0.05) is 30.8 Å². The molecule has 0 aliphatic carbocycles. The highest BCUT2D eigenvalue weighted by molar-refractivity contribution is 7.98. The topological polar surface area (TPSA) is 68.0 Å². The first-order chi connectivity index (χ1) is 13.6. The smallest absolute Gasteiger partial charge is 0.387 e. The number of rotatable bonds is 11. The van der Waals surface area contributed by atoms with Crippen molar-refractivity contribution in [3.63, 3.8) is 0 Å². The second-order valence-electron chi connectivity index (χ2n) is 5.69. The van der Waals surface area contributed by atoms with Gasteiger partial charge in [-0.15, -0.1) is 0 Å². The van der Waals surface area contributed by atoms with Crippen molar-refractivity contribution in [3.8, 4) is 11.5 Å². The Hall–Kier alpha value is -2.42. The summed E-state index contributed by atoms with van der Waals surface area (Å²) in [5.74, 6) is 3.01. The van der Waals surface area contributed by atoms with Crippen LogP contribution in [0.1, 0.15) is 11.3 Å². The molecule has 2 aromatic rings. The third-order valence-electron chi connectivity index (χ3n) is 3.73. The van der Waals surface area contributed by atoms with Gasteiger partial charge in [-0.3, -0.25) is 0 Å².